The largest absolute Gasteiger partial charge is 0.444 e. The number of hydrogen-bond acceptors (Lipinski definition) is 5. The van der Waals surface area contributed by atoms with Gasteiger partial charge in [0.15, 0.2) is 0 Å². The van der Waals surface area contributed by atoms with Crippen molar-refractivity contribution in [2.24, 2.45) is 5.73 Å². The number of amides is 4. The van der Waals surface area contributed by atoms with E-state index in [1.165, 1.54) is 4.90 Å². The molecule has 38 heavy (non-hydrogen) atoms. The van der Waals surface area contributed by atoms with Gasteiger partial charge in [-0.1, -0.05) is 69.4 Å². The second-order valence-electron chi connectivity index (χ2n) is 11.0. The zero-order chi connectivity index (χ0) is 28.9. The lowest BCUT2D eigenvalue weighted by molar-refractivity contribution is -0.143. The number of ether oxygens (including phenoxy) is 1. The number of primary amides is 1. The van der Waals surface area contributed by atoms with Gasteiger partial charge in [0, 0.05) is 12.6 Å². The average Bonchev–Trinajstić information content (AvgIpc) is 2.78. The molecule has 0 aliphatic rings. The first-order chi connectivity index (χ1) is 17.8. The normalized spacial score (nSPS) is 13.7. The van der Waals surface area contributed by atoms with Crippen LogP contribution in [0.2, 0.25) is 0 Å². The van der Waals surface area contributed by atoms with E-state index in [0.29, 0.717) is 12.0 Å². The summed E-state index contributed by atoms with van der Waals surface area (Å²) in [7, 11) is 0. The molecule has 0 fully saturated rings. The molecule has 0 saturated heterocycles. The van der Waals surface area contributed by atoms with Crippen LogP contribution in [-0.2, 0) is 19.1 Å². The Kier molecular flexibility index (Phi) is 13.9. The minimum Gasteiger partial charge on any atom is -0.444 e. The van der Waals surface area contributed by atoms with Gasteiger partial charge in [0.05, 0.1) is 6.42 Å². The number of nitrogens with two attached hydrogens (primary N) is 1. The van der Waals surface area contributed by atoms with Crippen LogP contribution in [0.3, 0.4) is 0 Å². The monoisotopic (exact) mass is 532 g/mol. The number of benzene rings is 1. The van der Waals surface area contributed by atoms with Crippen molar-refractivity contribution in [2.75, 3.05) is 6.54 Å². The quantitative estimate of drug-likeness (QED) is 0.286. The Bertz CT molecular complexity index is 928. The Morgan fingerprint density at radius 2 is 1.71 bits per heavy atom. The van der Waals surface area contributed by atoms with Crippen molar-refractivity contribution in [1.29, 1.82) is 0 Å². The van der Waals surface area contributed by atoms with Gasteiger partial charge in [0.25, 0.3) is 0 Å². The van der Waals surface area contributed by atoms with Gasteiger partial charge in [-0.05, 0) is 53.0 Å². The summed E-state index contributed by atoms with van der Waals surface area (Å²) in [5.74, 6) is -1.62. The highest BCUT2D eigenvalue weighted by atomic mass is 16.6. The van der Waals surface area contributed by atoms with Gasteiger partial charge in [-0.3, -0.25) is 14.4 Å². The molecule has 0 spiro atoms. The smallest absolute Gasteiger partial charge is 0.408 e. The van der Waals surface area contributed by atoms with Gasteiger partial charge >= 0.3 is 6.09 Å². The number of alkyl carbamates (subject to hydrolysis) is 1. The van der Waals surface area contributed by atoms with Crippen molar-refractivity contribution in [3.05, 3.63) is 35.4 Å². The third-order valence-corrected chi connectivity index (χ3v) is 5.96. The number of hydrogen-bond donors (Lipinski definition) is 3. The molecule has 4 amide bonds. The molecule has 4 N–H and O–H groups in total. The summed E-state index contributed by atoms with van der Waals surface area (Å²) in [5.41, 5.74) is 6.26. The first-order valence-corrected chi connectivity index (χ1v) is 13.7. The van der Waals surface area contributed by atoms with Gasteiger partial charge < -0.3 is 26.0 Å². The van der Waals surface area contributed by atoms with E-state index < -0.39 is 42.0 Å². The van der Waals surface area contributed by atoms with E-state index in [-0.39, 0.29) is 18.5 Å². The highest BCUT2D eigenvalue weighted by Gasteiger charge is 2.37. The van der Waals surface area contributed by atoms with Crippen molar-refractivity contribution < 1.29 is 23.9 Å². The minimum atomic E-state index is -1.28. The number of aryl methyl sites for hydroxylation is 1. The Morgan fingerprint density at radius 3 is 2.26 bits per heavy atom. The number of carbonyl (C=O) groups is 4. The molecule has 1 rings (SSSR count). The molecular weight excluding hydrogens is 484 g/mol. The first kappa shape index (κ1) is 32.9. The fourth-order valence-electron chi connectivity index (χ4n) is 4.27. The third kappa shape index (κ3) is 12.0. The van der Waals surface area contributed by atoms with Crippen molar-refractivity contribution in [1.82, 2.24) is 15.5 Å². The third-order valence-electron chi connectivity index (χ3n) is 5.96. The van der Waals surface area contributed by atoms with E-state index >= 15 is 0 Å². The van der Waals surface area contributed by atoms with Gasteiger partial charge in [-0.25, -0.2) is 4.79 Å². The predicted molar refractivity (Wildman–Crippen MR) is 149 cm³/mol. The maximum absolute atomic E-state index is 14.0. The molecule has 3 unspecified atom stereocenters. The Balaban J connectivity index is 3.50. The summed E-state index contributed by atoms with van der Waals surface area (Å²) in [4.78, 5) is 53.7. The van der Waals surface area contributed by atoms with Crippen molar-refractivity contribution in [3.8, 4) is 0 Å². The zero-order valence-corrected chi connectivity index (χ0v) is 24.3. The molecule has 0 radical (unpaired) electrons. The molecular formula is C29H48N4O5. The van der Waals surface area contributed by atoms with E-state index in [4.69, 9.17) is 10.5 Å². The standard InChI is InChI=1S/C29H48N4O5/c1-8-10-11-12-17-33(27(36)23(19-24(30)34)32-28(37)38-29(5,6)7)25(22-16-13-15-20(3)18-22)26(35)31-21(4)14-9-2/h13,15-16,18,21,23,25H,8-12,14,17,19H2,1-7H3,(H2,30,34)(H,31,35)(H,32,37). The lowest BCUT2D eigenvalue weighted by Gasteiger charge is -2.35. The van der Waals surface area contributed by atoms with Crippen molar-refractivity contribution in [2.45, 2.75) is 117 Å². The van der Waals surface area contributed by atoms with Crippen LogP contribution in [0.5, 0.6) is 0 Å². The van der Waals surface area contributed by atoms with E-state index in [1.807, 2.05) is 45.0 Å². The second-order valence-corrected chi connectivity index (χ2v) is 11.0. The van der Waals surface area contributed by atoms with Gasteiger partial charge in [-0.15, -0.1) is 0 Å². The fraction of sp³-hybridized carbons (Fsp3) is 0.655. The highest BCUT2D eigenvalue weighted by Crippen LogP contribution is 2.25. The molecule has 0 heterocycles. The Labute approximate surface area is 228 Å². The molecule has 0 aromatic heterocycles. The summed E-state index contributed by atoms with van der Waals surface area (Å²) >= 11 is 0. The SMILES string of the molecule is CCCCCCN(C(=O)C(CC(N)=O)NC(=O)OC(C)(C)C)C(C(=O)NC(C)CCC)c1cccc(C)c1. The molecule has 0 saturated carbocycles. The highest BCUT2D eigenvalue weighted by molar-refractivity contribution is 5.94. The van der Waals surface area contributed by atoms with Crippen LogP contribution in [0, 0.1) is 6.92 Å². The van der Waals surface area contributed by atoms with E-state index in [0.717, 1.165) is 37.7 Å². The van der Waals surface area contributed by atoms with Crippen LogP contribution in [-0.4, -0.2) is 52.9 Å². The molecule has 0 aliphatic heterocycles. The number of nitrogens with one attached hydrogen (secondary N) is 2. The number of nitrogens with zero attached hydrogens (tertiary/aromatic N) is 1. The molecule has 9 nitrogen and oxygen atoms in total. The zero-order valence-electron chi connectivity index (χ0n) is 24.3. The number of carbonyl (C=O) groups excluding carboxylic acids is 4. The van der Waals surface area contributed by atoms with Crippen molar-refractivity contribution in [3.63, 3.8) is 0 Å². The molecule has 0 aliphatic carbocycles. The molecule has 0 bridgehead atoms. The summed E-state index contributed by atoms with van der Waals surface area (Å²) in [5, 5.41) is 5.57. The fourth-order valence-corrected chi connectivity index (χ4v) is 4.27. The minimum absolute atomic E-state index is 0.0850. The van der Waals surface area contributed by atoms with Crippen LogP contribution >= 0.6 is 0 Å². The van der Waals surface area contributed by atoms with Gasteiger partial charge in [0.2, 0.25) is 17.7 Å². The van der Waals surface area contributed by atoms with Gasteiger partial charge in [-0.2, -0.15) is 0 Å². The van der Waals surface area contributed by atoms with Crippen LogP contribution in [0.15, 0.2) is 24.3 Å². The number of unbranched alkanes of at least 4 members (excludes halogenated alkanes) is 3. The Morgan fingerprint density at radius 1 is 1.03 bits per heavy atom. The maximum atomic E-state index is 14.0. The van der Waals surface area contributed by atoms with Crippen LogP contribution < -0.4 is 16.4 Å². The van der Waals surface area contributed by atoms with Crippen molar-refractivity contribution >= 4 is 23.8 Å². The predicted octanol–water partition coefficient (Wildman–Crippen LogP) is 4.52. The van der Waals surface area contributed by atoms with Crippen LogP contribution in [0.4, 0.5) is 4.79 Å². The summed E-state index contributed by atoms with van der Waals surface area (Å²) in [6.07, 6.45) is 3.96. The summed E-state index contributed by atoms with van der Waals surface area (Å²) < 4.78 is 5.33. The topological polar surface area (TPSA) is 131 Å². The molecule has 3 atom stereocenters. The van der Waals surface area contributed by atoms with Gasteiger partial charge in [0.1, 0.15) is 17.7 Å². The lowest BCUT2D eigenvalue weighted by atomic mass is 9.99. The molecule has 1 aromatic carbocycles. The second kappa shape index (κ2) is 16.0. The molecule has 9 heteroatoms. The van der Waals surface area contributed by atoms with E-state index in [2.05, 4.69) is 17.6 Å². The summed E-state index contributed by atoms with van der Waals surface area (Å²) in [6.45, 7) is 13.4. The molecule has 1 aromatic rings. The van der Waals surface area contributed by atoms with E-state index in [9.17, 15) is 19.2 Å². The van der Waals surface area contributed by atoms with Crippen LogP contribution in [0.1, 0.15) is 104 Å². The number of rotatable bonds is 15. The van der Waals surface area contributed by atoms with E-state index in [1.54, 1.807) is 20.8 Å². The average molecular weight is 533 g/mol. The summed E-state index contributed by atoms with van der Waals surface area (Å²) in [6, 6.07) is 5.16. The maximum Gasteiger partial charge on any atom is 0.408 e. The Hall–Kier alpha value is -3.10. The molecule has 214 valence electrons. The van der Waals surface area contributed by atoms with Crippen LogP contribution in [0.25, 0.3) is 0 Å². The first-order valence-electron chi connectivity index (χ1n) is 13.7. The lowest BCUT2D eigenvalue weighted by Crippen LogP contribution is -2.54.